The summed E-state index contributed by atoms with van der Waals surface area (Å²) in [7, 11) is 0. The van der Waals surface area contributed by atoms with E-state index in [2.05, 4.69) is 22.3 Å². The summed E-state index contributed by atoms with van der Waals surface area (Å²) in [6.07, 6.45) is 2.33. The highest BCUT2D eigenvalue weighted by atomic mass is 16.7. The molecule has 0 amide bonds. The van der Waals surface area contributed by atoms with Crippen molar-refractivity contribution in [1.82, 2.24) is 5.32 Å². The van der Waals surface area contributed by atoms with Crippen molar-refractivity contribution in [3.8, 4) is 11.5 Å². The fourth-order valence-electron chi connectivity index (χ4n) is 2.73. The normalized spacial score (nSPS) is 21.7. The van der Waals surface area contributed by atoms with Crippen LogP contribution < -0.4 is 19.7 Å². The predicted molar refractivity (Wildman–Crippen MR) is 72.9 cm³/mol. The lowest BCUT2D eigenvalue weighted by molar-refractivity contribution is 0.174. The van der Waals surface area contributed by atoms with Crippen molar-refractivity contribution in [2.75, 3.05) is 37.9 Å². The van der Waals surface area contributed by atoms with Crippen LogP contribution in [0.4, 0.5) is 5.69 Å². The summed E-state index contributed by atoms with van der Waals surface area (Å²) in [5.74, 6) is 1.67. The number of ether oxygens (including phenoxy) is 2. The van der Waals surface area contributed by atoms with Crippen LogP contribution in [0.3, 0.4) is 0 Å². The molecule has 1 aromatic carbocycles. The van der Waals surface area contributed by atoms with Gasteiger partial charge in [-0.25, -0.2) is 0 Å². The number of anilines is 1. The quantitative estimate of drug-likeness (QED) is 0.848. The molecule has 1 unspecified atom stereocenters. The van der Waals surface area contributed by atoms with Crippen LogP contribution in [0.15, 0.2) is 18.2 Å². The van der Waals surface area contributed by atoms with Crippen molar-refractivity contribution in [1.29, 1.82) is 0 Å². The molecule has 1 aromatic rings. The van der Waals surface area contributed by atoms with Crippen molar-refractivity contribution in [3.63, 3.8) is 0 Å². The lowest BCUT2D eigenvalue weighted by Gasteiger charge is -2.35. The Balaban J connectivity index is 1.67. The largest absolute Gasteiger partial charge is 0.454 e. The zero-order chi connectivity index (χ0) is 13.1. The number of fused-ring (bicyclic) bond motifs is 1. The Labute approximate surface area is 113 Å². The van der Waals surface area contributed by atoms with E-state index in [1.54, 1.807) is 0 Å². The molecule has 0 aromatic heterocycles. The van der Waals surface area contributed by atoms with Gasteiger partial charge in [0.25, 0.3) is 0 Å². The van der Waals surface area contributed by atoms with Crippen molar-refractivity contribution in [2.24, 2.45) is 0 Å². The van der Waals surface area contributed by atoms with E-state index in [1.165, 1.54) is 12.1 Å². The van der Waals surface area contributed by atoms with Crippen LogP contribution >= 0.6 is 0 Å². The molecule has 19 heavy (non-hydrogen) atoms. The van der Waals surface area contributed by atoms with E-state index >= 15 is 0 Å². The molecule has 5 heteroatoms. The smallest absolute Gasteiger partial charge is 0.231 e. The van der Waals surface area contributed by atoms with Gasteiger partial charge < -0.3 is 24.8 Å². The number of benzene rings is 1. The first kappa shape index (κ1) is 12.6. The molecule has 2 aliphatic rings. The minimum atomic E-state index is 0.195. The average Bonchev–Trinajstić information content (AvgIpc) is 2.92. The van der Waals surface area contributed by atoms with Crippen molar-refractivity contribution < 1.29 is 14.6 Å². The van der Waals surface area contributed by atoms with Gasteiger partial charge in [-0.3, -0.25) is 0 Å². The van der Waals surface area contributed by atoms with Crippen LogP contribution in [0.25, 0.3) is 0 Å². The first-order chi connectivity index (χ1) is 9.36. The number of aliphatic hydroxyl groups excluding tert-OH is 1. The summed E-state index contributed by atoms with van der Waals surface area (Å²) in [6.45, 7) is 3.22. The van der Waals surface area contributed by atoms with Crippen LogP contribution in [0.1, 0.15) is 12.8 Å². The first-order valence-electron chi connectivity index (χ1n) is 6.85. The van der Waals surface area contributed by atoms with E-state index in [-0.39, 0.29) is 6.61 Å². The van der Waals surface area contributed by atoms with Gasteiger partial charge >= 0.3 is 0 Å². The first-order valence-corrected chi connectivity index (χ1v) is 6.85. The van der Waals surface area contributed by atoms with Crippen LogP contribution in [0, 0.1) is 0 Å². The third-order valence-corrected chi connectivity index (χ3v) is 3.69. The molecule has 5 nitrogen and oxygen atoms in total. The second-order valence-corrected chi connectivity index (χ2v) is 5.00. The fourth-order valence-corrected chi connectivity index (χ4v) is 2.73. The third kappa shape index (κ3) is 2.77. The second-order valence-electron chi connectivity index (χ2n) is 5.00. The van der Waals surface area contributed by atoms with Gasteiger partial charge in [0.2, 0.25) is 6.79 Å². The number of rotatable bonds is 4. The van der Waals surface area contributed by atoms with Crippen molar-refractivity contribution in [2.45, 2.75) is 18.9 Å². The highest BCUT2D eigenvalue weighted by Gasteiger charge is 2.21. The molecular weight excluding hydrogens is 244 g/mol. The zero-order valence-corrected chi connectivity index (χ0v) is 11.0. The van der Waals surface area contributed by atoms with Gasteiger partial charge in [-0.1, -0.05) is 0 Å². The molecule has 2 N–H and O–H groups in total. The minimum absolute atomic E-state index is 0.195. The maximum absolute atomic E-state index is 8.88. The van der Waals surface area contributed by atoms with Crippen LogP contribution in [-0.4, -0.2) is 44.2 Å². The average molecular weight is 264 g/mol. The highest BCUT2D eigenvalue weighted by molar-refractivity contribution is 5.57. The number of aliphatic hydroxyl groups is 1. The molecule has 0 aliphatic carbocycles. The molecule has 1 fully saturated rings. The van der Waals surface area contributed by atoms with Crippen molar-refractivity contribution in [3.05, 3.63) is 18.2 Å². The summed E-state index contributed by atoms with van der Waals surface area (Å²) in [5.41, 5.74) is 1.18. The van der Waals surface area contributed by atoms with E-state index in [0.717, 1.165) is 31.0 Å². The van der Waals surface area contributed by atoms with Crippen LogP contribution in [-0.2, 0) is 0 Å². The number of hydrogen-bond acceptors (Lipinski definition) is 5. The van der Waals surface area contributed by atoms with Gasteiger partial charge in [-0.2, -0.15) is 0 Å². The summed E-state index contributed by atoms with van der Waals surface area (Å²) < 4.78 is 10.8. The maximum Gasteiger partial charge on any atom is 0.231 e. The molecule has 0 radical (unpaired) electrons. The molecule has 0 bridgehead atoms. The van der Waals surface area contributed by atoms with Crippen LogP contribution in [0.5, 0.6) is 11.5 Å². The highest BCUT2D eigenvalue weighted by Crippen LogP contribution is 2.36. The van der Waals surface area contributed by atoms with Crippen LogP contribution in [0.2, 0.25) is 0 Å². The standard InChI is InChI=1S/C14H20N2O3/c17-7-5-15-11-2-1-6-16(9-11)12-3-4-13-14(8-12)19-10-18-13/h3-4,8,11,15,17H,1-2,5-7,9-10H2. The van der Waals surface area contributed by atoms with E-state index in [0.29, 0.717) is 19.4 Å². The summed E-state index contributed by atoms with van der Waals surface area (Å²) in [6, 6.07) is 6.56. The van der Waals surface area contributed by atoms with E-state index in [1.807, 2.05) is 6.07 Å². The van der Waals surface area contributed by atoms with Gasteiger partial charge in [0, 0.05) is 37.4 Å². The van der Waals surface area contributed by atoms with Gasteiger partial charge in [-0.05, 0) is 25.0 Å². The summed E-state index contributed by atoms with van der Waals surface area (Å²) in [4.78, 5) is 2.36. The number of hydrogen-bond donors (Lipinski definition) is 2. The number of nitrogens with zero attached hydrogens (tertiary/aromatic N) is 1. The molecule has 3 rings (SSSR count). The van der Waals surface area contributed by atoms with E-state index in [9.17, 15) is 0 Å². The Morgan fingerprint density at radius 3 is 3.11 bits per heavy atom. The Hall–Kier alpha value is -1.46. The Kier molecular flexibility index (Phi) is 3.75. The Morgan fingerprint density at radius 1 is 1.32 bits per heavy atom. The summed E-state index contributed by atoms with van der Waals surface area (Å²) in [5, 5.41) is 12.3. The molecule has 1 atom stereocenters. The van der Waals surface area contributed by atoms with Gasteiger partial charge in [0.15, 0.2) is 11.5 Å². The molecular formula is C14H20N2O3. The topological polar surface area (TPSA) is 54.0 Å². The molecule has 2 aliphatic heterocycles. The predicted octanol–water partition coefficient (Wildman–Crippen LogP) is 0.966. The molecule has 104 valence electrons. The second kappa shape index (κ2) is 5.67. The molecule has 0 saturated carbocycles. The Morgan fingerprint density at radius 2 is 2.21 bits per heavy atom. The lowest BCUT2D eigenvalue weighted by atomic mass is 10.0. The maximum atomic E-state index is 8.88. The van der Waals surface area contributed by atoms with Gasteiger partial charge in [0.1, 0.15) is 0 Å². The third-order valence-electron chi connectivity index (χ3n) is 3.69. The van der Waals surface area contributed by atoms with Gasteiger partial charge in [0.05, 0.1) is 6.61 Å². The molecule has 2 heterocycles. The minimum Gasteiger partial charge on any atom is -0.454 e. The van der Waals surface area contributed by atoms with Gasteiger partial charge in [-0.15, -0.1) is 0 Å². The molecule has 1 saturated heterocycles. The summed E-state index contributed by atoms with van der Waals surface area (Å²) >= 11 is 0. The molecule has 0 spiro atoms. The number of nitrogens with one attached hydrogen (secondary N) is 1. The monoisotopic (exact) mass is 264 g/mol. The lowest BCUT2D eigenvalue weighted by Crippen LogP contribution is -2.46. The van der Waals surface area contributed by atoms with Crippen molar-refractivity contribution >= 4 is 5.69 Å². The number of piperidine rings is 1. The van der Waals surface area contributed by atoms with E-state index in [4.69, 9.17) is 14.6 Å². The fraction of sp³-hybridized carbons (Fsp3) is 0.571. The Bertz CT molecular complexity index is 439. The zero-order valence-electron chi connectivity index (χ0n) is 11.0. The SMILES string of the molecule is OCCNC1CCCN(c2ccc3c(c2)OCO3)C1. The van der Waals surface area contributed by atoms with E-state index < -0.39 is 0 Å².